The van der Waals surface area contributed by atoms with Gasteiger partial charge in [-0.1, -0.05) is 30.3 Å². The van der Waals surface area contributed by atoms with Crippen LogP contribution in [-0.2, 0) is 4.79 Å². The standard InChI is InChI=1S/C17H22N2OS/c1-12-8-10-16(21-12)13(2)19-17(20)11-9-15(18)14-6-4-3-5-7-14/h3-8,10,13,15H,9,11,18H2,1-2H3,(H,19,20). The second kappa shape index (κ2) is 7.38. The minimum Gasteiger partial charge on any atom is -0.349 e. The highest BCUT2D eigenvalue weighted by atomic mass is 32.1. The smallest absolute Gasteiger partial charge is 0.220 e. The molecule has 2 aromatic rings. The topological polar surface area (TPSA) is 55.1 Å². The minimum atomic E-state index is -0.0868. The van der Waals surface area contributed by atoms with E-state index in [-0.39, 0.29) is 18.0 Å². The van der Waals surface area contributed by atoms with Crippen molar-refractivity contribution in [1.82, 2.24) is 5.32 Å². The first-order chi connectivity index (χ1) is 10.1. The number of aryl methyl sites for hydroxylation is 1. The first-order valence-electron chi connectivity index (χ1n) is 7.22. The molecule has 0 aliphatic rings. The Bertz CT molecular complexity index is 579. The van der Waals surface area contributed by atoms with Gasteiger partial charge in [0, 0.05) is 22.2 Å². The molecule has 112 valence electrons. The summed E-state index contributed by atoms with van der Waals surface area (Å²) in [4.78, 5) is 14.5. The number of rotatable bonds is 6. The van der Waals surface area contributed by atoms with Crippen LogP contribution in [0.4, 0.5) is 0 Å². The van der Waals surface area contributed by atoms with E-state index >= 15 is 0 Å². The van der Waals surface area contributed by atoms with Crippen LogP contribution in [0.15, 0.2) is 42.5 Å². The fourth-order valence-corrected chi connectivity index (χ4v) is 3.10. The van der Waals surface area contributed by atoms with Crippen molar-refractivity contribution in [3.63, 3.8) is 0 Å². The molecule has 2 unspecified atom stereocenters. The summed E-state index contributed by atoms with van der Waals surface area (Å²) in [6.07, 6.45) is 1.11. The van der Waals surface area contributed by atoms with Crippen molar-refractivity contribution in [2.24, 2.45) is 5.73 Å². The molecule has 0 fully saturated rings. The summed E-state index contributed by atoms with van der Waals surface area (Å²) < 4.78 is 0. The van der Waals surface area contributed by atoms with Gasteiger partial charge in [-0.3, -0.25) is 4.79 Å². The predicted octanol–water partition coefficient (Wildman–Crippen LogP) is 3.71. The Morgan fingerprint density at radius 1 is 1.24 bits per heavy atom. The highest BCUT2D eigenvalue weighted by Gasteiger charge is 2.13. The number of hydrogen-bond acceptors (Lipinski definition) is 3. The molecule has 3 N–H and O–H groups in total. The SMILES string of the molecule is Cc1ccc(C(C)NC(=O)CCC(N)c2ccccc2)s1. The van der Waals surface area contributed by atoms with E-state index in [4.69, 9.17) is 5.73 Å². The molecule has 1 heterocycles. The first-order valence-corrected chi connectivity index (χ1v) is 8.04. The summed E-state index contributed by atoms with van der Waals surface area (Å²) in [5, 5.41) is 3.03. The van der Waals surface area contributed by atoms with E-state index in [1.807, 2.05) is 37.3 Å². The molecule has 2 rings (SSSR count). The molecule has 0 radical (unpaired) electrons. The molecule has 4 heteroatoms. The summed E-state index contributed by atoms with van der Waals surface area (Å²) in [5.41, 5.74) is 7.19. The van der Waals surface area contributed by atoms with Crippen LogP contribution in [-0.4, -0.2) is 5.91 Å². The summed E-state index contributed by atoms with van der Waals surface area (Å²) in [6.45, 7) is 4.09. The highest BCUT2D eigenvalue weighted by molar-refractivity contribution is 7.12. The second-order valence-electron chi connectivity index (χ2n) is 5.29. The van der Waals surface area contributed by atoms with Crippen molar-refractivity contribution in [3.8, 4) is 0 Å². The van der Waals surface area contributed by atoms with Crippen LogP contribution in [0.25, 0.3) is 0 Å². The third kappa shape index (κ3) is 4.69. The van der Waals surface area contributed by atoms with Crippen molar-refractivity contribution < 1.29 is 4.79 Å². The Labute approximate surface area is 130 Å². The number of nitrogens with one attached hydrogen (secondary N) is 1. The zero-order valence-electron chi connectivity index (χ0n) is 12.5. The fraction of sp³-hybridized carbons (Fsp3) is 0.353. The number of carbonyl (C=O) groups excluding carboxylic acids is 1. The van der Waals surface area contributed by atoms with E-state index in [1.165, 1.54) is 9.75 Å². The van der Waals surface area contributed by atoms with Crippen LogP contribution in [0.3, 0.4) is 0 Å². The quantitative estimate of drug-likeness (QED) is 0.854. The monoisotopic (exact) mass is 302 g/mol. The lowest BCUT2D eigenvalue weighted by Crippen LogP contribution is -2.27. The maximum atomic E-state index is 12.0. The number of carbonyl (C=O) groups is 1. The average molecular weight is 302 g/mol. The van der Waals surface area contributed by atoms with E-state index in [0.29, 0.717) is 12.8 Å². The summed E-state index contributed by atoms with van der Waals surface area (Å²) in [6, 6.07) is 14.0. The maximum absolute atomic E-state index is 12.0. The fourth-order valence-electron chi connectivity index (χ4n) is 2.22. The Balaban J connectivity index is 1.79. The maximum Gasteiger partial charge on any atom is 0.220 e. The van der Waals surface area contributed by atoms with E-state index < -0.39 is 0 Å². The third-order valence-electron chi connectivity index (χ3n) is 3.48. The predicted molar refractivity (Wildman–Crippen MR) is 88.2 cm³/mol. The van der Waals surface area contributed by atoms with Gasteiger partial charge in [0.05, 0.1) is 6.04 Å². The van der Waals surface area contributed by atoms with E-state index in [9.17, 15) is 4.79 Å². The lowest BCUT2D eigenvalue weighted by molar-refractivity contribution is -0.121. The van der Waals surface area contributed by atoms with Crippen molar-refractivity contribution >= 4 is 17.2 Å². The lowest BCUT2D eigenvalue weighted by atomic mass is 10.0. The largest absolute Gasteiger partial charge is 0.349 e. The molecule has 2 atom stereocenters. The van der Waals surface area contributed by atoms with Crippen molar-refractivity contribution in [3.05, 3.63) is 57.8 Å². The normalized spacial score (nSPS) is 13.7. The van der Waals surface area contributed by atoms with Gasteiger partial charge in [0.2, 0.25) is 5.91 Å². The molecular weight excluding hydrogens is 280 g/mol. The molecule has 0 bridgehead atoms. The summed E-state index contributed by atoms with van der Waals surface area (Å²) in [5.74, 6) is 0.0555. The van der Waals surface area contributed by atoms with Gasteiger partial charge in [-0.15, -0.1) is 11.3 Å². The Morgan fingerprint density at radius 3 is 2.57 bits per heavy atom. The number of nitrogens with two attached hydrogens (primary N) is 1. The van der Waals surface area contributed by atoms with Gasteiger partial charge in [-0.2, -0.15) is 0 Å². The molecule has 3 nitrogen and oxygen atoms in total. The van der Waals surface area contributed by atoms with Crippen LogP contribution in [0, 0.1) is 6.92 Å². The molecule has 0 saturated carbocycles. The molecule has 1 amide bonds. The number of hydrogen-bond donors (Lipinski definition) is 2. The molecule has 1 aromatic carbocycles. The zero-order valence-corrected chi connectivity index (χ0v) is 13.3. The average Bonchev–Trinajstić information content (AvgIpc) is 2.92. The van der Waals surface area contributed by atoms with Crippen LogP contribution in [0.1, 0.15) is 47.2 Å². The van der Waals surface area contributed by atoms with Crippen LogP contribution < -0.4 is 11.1 Å². The number of benzene rings is 1. The molecule has 0 spiro atoms. The summed E-state index contributed by atoms with van der Waals surface area (Å²) in [7, 11) is 0. The molecule has 0 saturated heterocycles. The van der Waals surface area contributed by atoms with Crippen molar-refractivity contribution in [2.45, 2.75) is 38.8 Å². The Hall–Kier alpha value is -1.65. The van der Waals surface area contributed by atoms with Gasteiger partial charge < -0.3 is 11.1 Å². The molecule has 21 heavy (non-hydrogen) atoms. The van der Waals surface area contributed by atoms with Crippen molar-refractivity contribution in [2.75, 3.05) is 0 Å². The molecule has 1 aromatic heterocycles. The first kappa shape index (κ1) is 15.7. The van der Waals surface area contributed by atoms with Gasteiger partial charge >= 0.3 is 0 Å². The van der Waals surface area contributed by atoms with Crippen LogP contribution >= 0.6 is 11.3 Å². The third-order valence-corrected chi connectivity index (χ3v) is 4.66. The molecular formula is C17H22N2OS. The van der Waals surface area contributed by atoms with Gasteiger partial charge in [0.15, 0.2) is 0 Å². The van der Waals surface area contributed by atoms with E-state index in [1.54, 1.807) is 11.3 Å². The second-order valence-corrected chi connectivity index (χ2v) is 6.61. The van der Waals surface area contributed by atoms with Gasteiger partial charge in [0.25, 0.3) is 0 Å². The molecule has 0 aliphatic heterocycles. The van der Waals surface area contributed by atoms with Gasteiger partial charge in [0.1, 0.15) is 0 Å². The Morgan fingerprint density at radius 2 is 1.95 bits per heavy atom. The lowest BCUT2D eigenvalue weighted by Gasteiger charge is -2.14. The Kier molecular flexibility index (Phi) is 5.53. The molecule has 0 aliphatic carbocycles. The van der Waals surface area contributed by atoms with Crippen molar-refractivity contribution in [1.29, 1.82) is 0 Å². The van der Waals surface area contributed by atoms with E-state index in [2.05, 4.69) is 24.4 Å². The van der Waals surface area contributed by atoms with Crippen LogP contribution in [0.2, 0.25) is 0 Å². The minimum absolute atomic E-state index is 0.0555. The van der Waals surface area contributed by atoms with Gasteiger partial charge in [-0.05, 0) is 38.0 Å². The number of amides is 1. The van der Waals surface area contributed by atoms with E-state index in [0.717, 1.165) is 5.56 Å². The zero-order chi connectivity index (χ0) is 15.2. The highest BCUT2D eigenvalue weighted by Crippen LogP contribution is 2.22. The summed E-state index contributed by atoms with van der Waals surface area (Å²) >= 11 is 1.72. The van der Waals surface area contributed by atoms with Crippen LogP contribution in [0.5, 0.6) is 0 Å². The number of thiophene rings is 1. The van der Waals surface area contributed by atoms with Gasteiger partial charge in [-0.25, -0.2) is 0 Å².